The third kappa shape index (κ3) is 3.24. The molecule has 90 valence electrons. The molecule has 0 aliphatic heterocycles. The number of nitrogens with two attached hydrogens (primary N) is 1. The fraction of sp³-hybridized carbons (Fsp3) is 0.308. The van der Waals surface area contributed by atoms with Crippen LogP contribution in [0.5, 0.6) is 5.75 Å². The molecule has 3 nitrogen and oxygen atoms in total. The minimum atomic E-state index is 0.499. The molecule has 0 fully saturated rings. The van der Waals surface area contributed by atoms with Crippen molar-refractivity contribution >= 4 is 21.6 Å². The molecule has 17 heavy (non-hydrogen) atoms. The molecule has 0 aromatic heterocycles. The number of nitriles is 1. The second kappa shape index (κ2) is 6.31. The normalized spacial score (nSPS) is 11.6. The van der Waals surface area contributed by atoms with Crippen LogP contribution in [0.4, 0.5) is 0 Å². The Hall–Kier alpha value is -1.47. The van der Waals surface area contributed by atoms with Gasteiger partial charge < -0.3 is 10.5 Å². The van der Waals surface area contributed by atoms with Gasteiger partial charge in [-0.1, -0.05) is 29.3 Å². The maximum absolute atomic E-state index is 9.07. The van der Waals surface area contributed by atoms with E-state index in [2.05, 4.69) is 22.0 Å². The van der Waals surface area contributed by atoms with Crippen LogP contribution in [0.1, 0.15) is 25.3 Å². The third-order valence-corrected chi connectivity index (χ3v) is 2.91. The Balaban J connectivity index is 3.28. The minimum absolute atomic E-state index is 0.499. The fourth-order valence-corrected chi connectivity index (χ4v) is 1.89. The third-order valence-electron chi connectivity index (χ3n) is 2.41. The molecule has 0 saturated heterocycles. The second-order valence-electron chi connectivity index (χ2n) is 3.60. The maximum atomic E-state index is 9.07. The zero-order valence-corrected chi connectivity index (χ0v) is 11.5. The molecule has 0 spiro atoms. The van der Waals surface area contributed by atoms with Crippen molar-refractivity contribution in [3.63, 3.8) is 0 Å². The van der Waals surface area contributed by atoms with Gasteiger partial charge in [0.15, 0.2) is 0 Å². The van der Waals surface area contributed by atoms with Gasteiger partial charge >= 0.3 is 0 Å². The number of methoxy groups -OCH3 is 1. The Morgan fingerprint density at radius 2 is 2.24 bits per heavy atom. The summed E-state index contributed by atoms with van der Waals surface area (Å²) >= 11 is 3.37. The van der Waals surface area contributed by atoms with Crippen LogP contribution in [-0.2, 0) is 0 Å². The Bertz CT molecular complexity index is 475. The summed E-state index contributed by atoms with van der Waals surface area (Å²) in [7, 11) is 1.59. The first-order chi connectivity index (χ1) is 8.13. The van der Waals surface area contributed by atoms with Crippen LogP contribution in [-0.4, -0.2) is 7.11 Å². The number of benzene rings is 1. The molecule has 0 bridgehead atoms. The summed E-state index contributed by atoms with van der Waals surface area (Å²) in [5.41, 5.74) is 7.89. The molecule has 0 heterocycles. The lowest BCUT2D eigenvalue weighted by Crippen LogP contribution is -2.03. The monoisotopic (exact) mass is 294 g/mol. The lowest BCUT2D eigenvalue weighted by molar-refractivity contribution is 0.413. The molecule has 0 saturated carbocycles. The van der Waals surface area contributed by atoms with E-state index >= 15 is 0 Å². The van der Waals surface area contributed by atoms with Crippen molar-refractivity contribution < 1.29 is 4.74 Å². The van der Waals surface area contributed by atoms with Crippen LogP contribution in [0.15, 0.2) is 28.2 Å². The van der Waals surface area contributed by atoms with Crippen molar-refractivity contribution in [1.29, 1.82) is 5.26 Å². The van der Waals surface area contributed by atoms with E-state index < -0.39 is 0 Å². The average molecular weight is 295 g/mol. The number of hydrogen-bond donors (Lipinski definition) is 1. The lowest BCUT2D eigenvalue weighted by Gasteiger charge is -2.10. The van der Waals surface area contributed by atoms with E-state index in [1.807, 2.05) is 25.1 Å². The number of ether oxygens (including phenoxy) is 1. The van der Waals surface area contributed by atoms with Gasteiger partial charge in [0.2, 0.25) is 0 Å². The van der Waals surface area contributed by atoms with Gasteiger partial charge in [0.25, 0.3) is 0 Å². The summed E-state index contributed by atoms with van der Waals surface area (Å²) < 4.78 is 6.18. The Morgan fingerprint density at radius 3 is 2.76 bits per heavy atom. The van der Waals surface area contributed by atoms with Gasteiger partial charge in [0.05, 0.1) is 24.4 Å². The highest BCUT2D eigenvalue weighted by Crippen LogP contribution is 2.29. The molecule has 0 unspecified atom stereocenters. The predicted octanol–water partition coefficient (Wildman–Crippen LogP) is 3.45. The van der Waals surface area contributed by atoms with Crippen LogP contribution in [0.3, 0.4) is 0 Å². The standard InChI is InChI=1S/C13H15BrN2O/c1-3-4-9(8-15)13(16)11-6-5-10(14)7-12(11)17-2/h5-7H,3-4,16H2,1-2H3/b13-9-. The van der Waals surface area contributed by atoms with Crippen LogP contribution >= 0.6 is 15.9 Å². The highest BCUT2D eigenvalue weighted by Gasteiger charge is 2.10. The molecule has 0 aliphatic carbocycles. The number of nitrogens with zero attached hydrogens (tertiary/aromatic N) is 1. The number of hydrogen-bond acceptors (Lipinski definition) is 3. The van der Waals surface area contributed by atoms with Crippen LogP contribution in [0, 0.1) is 11.3 Å². The summed E-state index contributed by atoms with van der Waals surface area (Å²) in [4.78, 5) is 0. The highest BCUT2D eigenvalue weighted by molar-refractivity contribution is 9.10. The first-order valence-electron chi connectivity index (χ1n) is 5.36. The molecule has 0 radical (unpaired) electrons. The minimum Gasteiger partial charge on any atom is -0.496 e. The average Bonchev–Trinajstić information content (AvgIpc) is 2.34. The zero-order valence-electron chi connectivity index (χ0n) is 9.96. The molecule has 1 aromatic carbocycles. The van der Waals surface area contributed by atoms with Gasteiger partial charge in [-0.25, -0.2) is 0 Å². The van der Waals surface area contributed by atoms with Crippen molar-refractivity contribution in [2.75, 3.05) is 7.11 Å². The van der Waals surface area contributed by atoms with Gasteiger partial charge in [-0.15, -0.1) is 0 Å². The first kappa shape index (κ1) is 13.6. The molecule has 0 amide bonds. The zero-order chi connectivity index (χ0) is 12.8. The Labute approximate surface area is 110 Å². The fourth-order valence-electron chi connectivity index (χ4n) is 1.55. The van der Waals surface area contributed by atoms with Gasteiger partial charge in [0.1, 0.15) is 5.75 Å². The number of allylic oxidation sites excluding steroid dienone is 1. The summed E-state index contributed by atoms with van der Waals surface area (Å²) in [5.74, 6) is 0.667. The van der Waals surface area contributed by atoms with E-state index in [1.165, 1.54) is 0 Å². The van der Waals surface area contributed by atoms with E-state index in [4.69, 9.17) is 15.7 Å². The van der Waals surface area contributed by atoms with Gasteiger partial charge in [-0.05, 0) is 24.6 Å². The number of rotatable bonds is 4. The van der Waals surface area contributed by atoms with Crippen molar-refractivity contribution in [2.45, 2.75) is 19.8 Å². The highest BCUT2D eigenvalue weighted by atomic mass is 79.9. The molecule has 4 heteroatoms. The lowest BCUT2D eigenvalue weighted by atomic mass is 10.0. The van der Waals surface area contributed by atoms with E-state index in [0.29, 0.717) is 23.4 Å². The summed E-state index contributed by atoms with van der Waals surface area (Å²) in [6, 6.07) is 7.72. The SMILES string of the molecule is CCC/C(C#N)=C(/N)c1ccc(Br)cc1OC. The van der Waals surface area contributed by atoms with Crippen LogP contribution in [0.2, 0.25) is 0 Å². The van der Waals surface area contributed by atoms with Crippen molar-refractivity contribution in [3.05, 3.63) is 33.8 Å². The molecular formula is C13H15BrN2O. The summed E-state index contributed by atoms with van der Waals surface area (Å²) in [6.07, 6.45) is 1.57. The van der Waals surface area contributed by atoms with Crippen molar-refractivity contribution in [1.82, 2.24) is 0 Å². The van der Waals surface area contributed by atoms with Gasteiger partial charge in [-0.2, -0.15) is 5.26 Å². The Morgan fingerprint density at radius 1 is 1.53 bits per heavy atom. The van der Waals surface area contributed by atoms with E-state index in [1.54, 1.807) is 7.11 Å². The second-order valence-corrected chi connectivity index (χ2v) is 4.51. The topological polar surface area (TPSA) is 59.0 Å². The molecular weight excluding hydrogens is 280 g/mol. The smallest absolute Gasteiger partial charge is 0.129 e. The number of halogens is 1. The summed E-state index contributed by atoms with van der Waals surface area (Å²) in [6.45, 7) is 2.02. The maximum Gasteiger partial charge on any atom is 0.129 e. The van der Waals surface area contributed by atoms with E-state index in [-0.39, 0.29) is 0 Å². The van der Waals surface area contributed by atoms with Gasteiger partial charge in [-0.3, -0.25) is 0 Å². The van der Waals surface area contributed by atoms with Crippen molar-refractivity contribution in [2.24, 2.45) is 5.73 Å². The van der Waals surface area contributed by atoms with E-state index in [0.717, 1.165) is 16.5 Å². The van der Waals surface area contributed by atoms with Gasteiger partial charge in [0, 0.05) is 10.0 Å². The largest absolute Gasteiger partial charge is 0.496 e. The summed E-state index contributed by atoms with van der Waals surface area (Å²) in [5, 5.41) is 9.07. The van der Waals surface area contributed by atoms with Crippen molar-refractivity contribution in [3.8, 4) is 11.8 Å². The Kier molecular flexibility index (Phi) is 5.05. The molecule has 0 aliphatic rings. The molecule has 1 rings (SSSR count). The molecule has 1 aromatic rings. The quantitative estimate of drug-likeness (QED) is 0.865. The first-order valence-corrected chi connectivity index (χ1v) is 6.16. The van der Waals surface area contributed by atoms with Crippen LogP contribution in [0.25, 0.3) is 5.70 Å². The van der Waals surface area contributed by atoms with Crippen LogP contribution < -0.4 is 10.5 Å². The molecule has 0 atom stereocenters. The van der Waals surface area contributed by atoms with E-state index in [9.17, 15) is 0 Å². The molecule has 2 N–H and O–H groups in total. The predicted molar refractivity (Wildman–Crippen MR) is 72.3 cm³/mol.